The van der Waals surface area contributed by atoms with Gasteiger partial charge in [-0.3, -0.25) is 10.2 Å². The van der Waals surface area contributed by atoms with Crippen LogP contribution in [0.25, 0.3) is 0 Å². The molecule has 0 radical (unpaired) electrons. The maximum atomic E-state index is 11.5. The minimum Gasteiger partial charge on any atom is -0.495 e. The summed E-state index contributed by atoms with van der Waals surface area (Å²) in [7, 11) is 3.56. The highest BCUT2D eigenvalue weighted by Gasteiger charge is 2.16. The molecule has 0 fully saturated rings. The number of benzene rings is 1. The lowest BCUT2D eigenvalue weighted by Crippen LogP contribution is -2.30. The minimum absolute atomic E-state index is 0.237. The maximum Gasteiger partial charge on any atom is 0.301 e. The van der Waals surface area contributed by atoms with Crippen LogP contribution in [0.15, 0.2) is 34.7 Å². The number of nitrogens with two attached hydrogens (primary N) is 1. The van der Waals surface area contributed by atoms with E-state index in [1.54, 1.807) is 14.0 Å². The number of aryl methyl sites for hydroxylation is 1. The molecule has 1 amide bonds. The zero-order valence-electron chi connectivity index (χ0n) is 12.3. The van der Waals surface area contributed by atoms with Crippen LogP contribution < -0.4 is 20.9 Å². The van der Waals surface area contributed by atoms with Crippen molar-refractivity contribution in [3.8, 4) is 5.75 Å². The number of methoxy groups -OCH3 is 1. The van der Waals surface area contributed by atoms with Crippen molar-refractivity contribution in [3.05, 3.63) is 47.4 Å². The average Bonchev–Trinajstić information content (AvgIpc) is 2.86. The molecule has 0 saturated heterocycles. The van der Waals surface area contributed by atoms with Gasteiger partial charge in [0.25, 0.3) is 0 Å². The van der Waals surface area contributed by atoms with E-state index in [1.807, 2.05) is 42.3 Å². The Morgan fingerprint density at radius 3 is 2.81 bits per heavy atom. The molecule has 1 aromatic heterocycles. The van der Waals surface area contributed by atoms with Crippen LogP contribution in [-0.4, -0.2) is 20.1 Å². The second-order valence-electron chi connectivity index (χ2n) is 4.73. The molecule has 0 aliphatic carbocycles. The number of rotatable bonds is 5. The Morgan fingerprint density at radius 1 is 1.43 bits per heavy atom. The molecular weight excluding hydrogens is 270 g/mol. The fourth-order valence-electron chi connectivity index (χ4n) is 2.18. The van der Waals surface area contributed by atoms with Gasteiger partial charge in [0.15, 0.2) is 5.76 Å². The third-order valence-electron chi connectivity index (χ3n) is 3.20. The minimum atomic E-state index is -0.432. The Balaban J connectivity index is 2.20. The van der Waals surface area contributed by atoms with Crippen molar-refractivity contribution in [1.82, 2.24) is 5.43 Å². The lowest BCUT2D eigenvalue weighted by molar-refractivity contribution is 0.0923. The first-order valence-corrected chi connectivity index (χ1v) is 6.51. The van der Waals surface area contributed by atoms with Crippen LogP contribution in [0.2, 0.25) is 0 Å². The molecule has 3 N–H and O–H groups in total. The summed E-state index contributed by atoms with van der Waals surface area (Å²) in [4.78, 5) is 13.5. The molecule has 0 saturated carbocycles. The molecule has 21 heavy (non-hydrogen) atoms. The second-order valence-corrected chi connectivity index (χ2v) is 4.73. The fourth-order valence-corrected chi connectivity index (χ4v) is 2.18. The predicted molar refractivity (Wildman–Crippen MR) is 80.2 cm³/mol. The lowest BCUT2D eigenvalue weighted by Gasteiger charge is -2.20. The fraction of sp³-hybridized carbons (Fsp3) is 0.267. The van der Waals surface area contributed by atoms with Crippen LogP contribution in [0, 0.1) is 6.92 Å². The summed E-state index contributed by atoms with van der Waals surface area (Å²) >= 11 is 0. The van der Waals surface area contributed by atoms with Gasteiger partial charge in [-0.1, -0.05) is 12.1 Å². The van der Waals surface area contributed by atoms with Crippen LogP contribution >= 0.6 is 0 Å². The van der Waals surface area contributed by atoms with Gasteiger partial charge in [0.1, 0.15) is 11.5 Å². The number of carbonyl (C=O) groups is 1. The highest BCUT2D eigenvalue weighted by Crippen LogP contribution is 2.28. The first kappa shape index (κ1) is 14.9. The number of nitrogen functional groups attached to an aromatic ring is 1. The van der Waals surface area contributed by atoms with E-state index in [2.05, 4.69) is 5.43 Å². The number of nitrogens with one attached hydrogen (secondary N) is 1. The Morgan fingerprint density at radius 2 is 2.14 bits per heavy atom. The van der Waals surface area contributed by atoms with Crippen molar-refractivity contribution in [2.24, 2.45) is 5.84 Å². The van der Waals surface area contributed by atoms with Gasteiger partial charge in [-0.25, -0.2) is 5.84 Å². The van der Waals surface area contributed by atoms with Gasteiger partial charge in [-0.05, 0) is 25.1 Å². The summed E-state index contributed by atoms with van der Waals surface area (Å²) in [6, 6.07) is 9.54. The number of hydrogen-bond donors (Lipinski definition) is 2. The number of furan rings is 1. The van der Waals surface area contributed by atoms with Gasteiger partial charge >= 0.3 is 5.91 Å². The monoisotopic (exact) mass is 289 g/mol. The maximum absolute atomic E-state index is 11.5. The van der Waals surface area contributed by atoms with Gasteiger partial charge in [0, 0.05) is 12.6 Å². The molecule has 2 rings (SSSR count). The summed E-state index contributed by atoms with van der Waals surface area (Å²) < 4.78 is 10.9. The van der Waals surface area contributed by atoms with E-state index in [0.29, 0.717) is 12.3 Å². The molecule has 0 aliphatic rings. The third kappa shape index (κ3) is 3.17. The molecule has 0 bridgehead atoms. The van der Waals surface area contributed by atoms with Gasteiger partial charge in [0.05, 0.1) is 19.3 Å². The molecule has 6 nitrogen and oxygen atoms in total. The molecule has 0 unspecified atom stereocenters. The van der Waals surface area contributed by atoms with E-state index in [4.69, 9.17) is 15.0 Å². The second kappa shape index (κ2) is 6.32. The zero-order chi connectivity index (χ0) is 15.4. The predicted octanol–water partition coefficient (Wildman–Crippen LogP) is 1.84. The van der Waals surface area contributed by atoms with Crippen molar-refractivity contribution in [1.29, 1.82) is 0 Å². The molecule has 0 aliphatic heterocycles. The highest BCUT2D eigenvalue weighted by atomic mass is 16.5. The first-order chi connectivity index (χ1) is 10.1. The molecule has 6 heteroatoms. The lowest BCUT2D eigenvalue weighted by atomic mass is 10.2. The summed E-state index contributed by atoms with van der Waals surface area (Å²) in [6.07, 6.45) is 0. The molecular formula is C15H19N3O3. The van der Waals surface area contributed by atoms with Crippen molar-refractivity contribution in [2.45, 2.75) is 13.5 Å². The number of ether oxygens (including phenoxy) is 1. The van der Waals surface area contributed by atoms with Crippen LogP contribution in [-0.2, 0) is 6.54 Å². The SMILES string of the molecule is COc1ccccc1N(C)Cc1cc(C)c(C(=O)NN)o1. The Hall–Kier alpha value is -2.47. The van der Waals surface area contributed by atoms with E-state index in [0.717, 1.165) is 17.0 Å². The Bertz CT molecular complexity index is 637. The van der Waals surface area contributed by atoms with E-state index in [-0.39, 0.29) is 5.76 Å². The number of para-hydroxylation sites is 2. The zero-order valence-corrected chi connectivity index (χ0v) is 12.3. The van der Waals surface area contributed by atoms with Gasteiger partial charge in [-0.2, -0.15) is 0 Å². The quantitative estimate of drug-likeness (QED) is 0.498. The number of hydrogen-bond acceptors (Lipinski definition) is 5. The third-order valence-corrected chi connectivity index (χ3v) is 3.20. The topological polar surface area (TPSA) is 80.7 Å². The largest absolute Gasteiger partial charge is 0.495 e. The number of anilines is 1. The van der Waals surface area contributed by atoms with E-state index in [1.165, 1.54) is 0 Å². The van der Waals surface area contributed by atoms with E-state index in [9.17, 15) is 4.79 Å². The van der Waals surface area contributed by atoms with Crippen LogP contribution in [0.3, 0.4) is 0 Å². The van der Waals surface area contributed by atoms with Crippen molar-refractivity contribution < 1.29 is 13.9 Å². The summed E-state index contributed by atoms with van der Waals surface area (Å²) in [6.45, 7) is 2.32. The standard InChI is InChI=1S/C15H19N3O3/c1-10-8-11(21-14(10)15(19)17-16)9-18(2)12-6-4-5-7-13(12)20-3/h4-8H,9,16H2,1-3H3,(H,17,19). The van der Waals surface area contributed by atoms with E-state index >= 15 is 0 Å². The highest BCUT2D eigenvalue weighted by molar-refractivity contribution is 5.92. The Kier molecular flexibility index (Phi) is 4.49. The van der Waals surface area contributed by atoms with E-state index < -0.39 is 5.91 Å². The summed E-state index contributed by atoms with van der Waals surface area (Å²) in [5.74, 6) is 6.39. The number of amides is 1. The summed E-state index contributed by atoms with van der Waals surface area (Å²) in [5, 5.41) is 0. The number of hydrazine groups is 1. The smallest absolute Gasteiger partial charge is 0.301 e. The normalized spacial score (nSPS) is 10.3. The van der Waals surface area contributed by atoms with Gasteiger partial charge < -0.3 is 14.1 Å². The van der Waals surface area contributed by atoms with Crippen LogP contribution in [0.5, 0.6) is 5.75 Å². The molecule has 1 heterocycles. The van der Waals surface area contributed by atoms with Crippen molar-refractivity contribution >= 4 is 11.6 Å². The molecule has 0 atom stereocenters. The van der Waals surface area contributed by atoms with Crippen molar-refractivity contribution in [2.75, 3.05) is 19.1 Å². The van der Waals surface area contributed by atoms with Gasteiger partial charge in [0.2, 0.25) is 0 Å². The molecule has 1 aromatic carbocycles. The molecule has 2 aromatic rings. The van der Waals surface area contributed by atoms with Crippen LogP contribution in [0.1, 0.15) is 21.9 Å². The van der Waals surface area contributed by atoms with Crippen LogP contribution in [0.4, 0.5) is 5.69 Å². The van der Waals surface area contributed by atoms with Crippen molar-refractivity contribution in [3.63, 3.8) is 0 Å². The number of carbonyl (C=O) groups excluding carboxylic acids is 1. The number of nitrogens with zero attached hydrogens (tertiary/aromatic N) is 1. The molecule has 112 valence electrons. The first-order valence-electron chi connectivity index (χ1n) is 6.51. The average molecular weight is 289 g/mol. The Labute approximate surface area is 123 Å². The summed E-state index contributed by atoms with van der Waals surface area (Å²) in [5.41, 5.74) is 3.77. The van der Waals surface area contributed by atoms with Gasteiger partial charge in [-0.15, -0.1) is 0 Å². The molecule has 0 spiro atoms.